The van der Waals surface area contributed by atoms with E-state index in [0.29, 0.717) is 11.5 Å². The molecule has 0 saturated carbocycles. The molecule has 0 aliphatic carbocycles. The van der Waals surface area contributed by atoms with Crippen LogP contribution in [-0.4, -0.2) is 48.9 Å². The normalized spacial score (nSPS) is 15.2. The molecular formula is C19H20N6O. The molecule has 3 aromatic rings. The van der Waals surface area contributed by atoms with Crippen molar-refractivity contribution in [3.05, 3.63) is 66.0 Å². The van der Waals surface area contributed by atoms with Gasteiger partial charge in [-0.1, -0.05) is 11.3 Å². The Morgan fingerprint density at radius 1 is 1.15 bits per heavy atom. The van der Waals surface area contributed by atoms with Crippen molar-refractivity contribution in [3.63, 3.8) is 0 Å². The molecule has 0 N–H and O–H groups in total. The maximum absolute atomic E-state index is 12.8. The van der Waals surface area contributed by atoms with Gasteiger partial charge in [0.2, 0.25) is 0 Å². The minimum absolute atomic E-state index is 0.0138. The molecule has 1 amide bonds. The van der Waals surface area contributed by atoms with E-state index in [1.165, 1.54) is 5.56 Å². The summed E-state index contributed by atoms with van der Waals surface area (Å²) in [5.74, 6) is 0.478. The average molecular weight is 348 g/mol. The molecule has 0 bridgehead atoms. The Morgan fingerprint density at radius 3 is 2.69 bits per heavy atom. The number of carbonyl (C=O) groups excluding carboxylic acids is 1. The van der Waals surface area contributed by atoms with Crippen LogP contribution in [0.5, 0.6) is 0 Å². The van der Waals surface area contributed by atoms with Crippen molar-refractivity contribution in [1.29, 1.82) is 0 Å². The highest BCUT2D eigenvalue weighted by molar-refractivity contribution is 5.94. The number of hydrogen-bond donors (Lipinski definition) is 0. The number of hydrogen-bond acceptors (Lipinski definition) is 5. The van der Waals surface area contributed by atoms with Crippen molar-refractivity contribution in [2.45, 2.75) is 25.7 Å². The van der Waals surface area contributed by atoms with Gasteiger partial charge < -0.3 is 4.90 Å². The SMILES string of the molecule is Cc1ccc(C2CCN(C(=O)c3cncc(-n4ccnn4)c3)CC2)cn1. The van der Waals surface area contributed by atoms with Crippen LogP contribution in [0.2, 0.25) is 0 Å². The highest BCUT2D eigenvalue weighted by Gasteiger charge is 2.25. The quantitative estimate of drug-likeness (QED) is 0.726. The van der Waals surface area contributed by atoms with E-state index >= 15 is 0 Å². The number of likely N-dealkylation sites (tertiary alicyclic amines) is 1. The summed E-state index contributed by atoms with van der Waals surface area (Å²) in [7, 11) is 0. The van der Waals surface area contributed by atoms with Gasteiger partial charge in [0.25, 0.3) is 5.91 Å². The number of piperidine rings is 1. The number of nitrogens with zero attached hydrogens (tertiary/aromatic N) is 6. The van der Waals surface area contributed by atoms with Gasteiger partial charge in [0.05, 0.1) is 29.8 Å². The summed E-state index contributed by atoms with van der Waals surface area (Å²) in [6, 6.07) is 6.00. The fourth-order valence-corrected chi connectivity index (χ4v) is 3.34. The fraction of sp³-hybridized carbons (Fsp3) is 0.316. The third kappa shape index (κ3) is 3.33. The minimum Gasteiger partial charge on any atom is -0.339 e. The molecule has 0 unspecified atom stereocenters. The van der Waals surface area contributed by atoms with E-state index in [0.717, 1.165) is 37.3 Å². The van der Waals surface area contributed by atoms with E-state index in [2.05, 4.69) is 26.3 Å². The van der Waals surface area contributed by atoms with Gasteiger partial charge in [0.1, 0.15) is 0 Å². The molecule has 4 rings (SSSR count). The van der Waals surface area contributed by atoms with Gasteiger partial charge in [0.15, 0.2) is 0 Å². The molecule has 1 aliphatic heterocycles. The van der Waals surface area contributed by atoms with Crippen molar-refractivity contribution in [1.82, 2.24) is 29.9 Å². The second-order valence-electron chi connectivity index (χ2n) is 6.58. The number of aryl methyl sites for hydroxylation is 1. The van der Waals surface area contributed by atoms with Gasteiger partial charge in [-0.05, 0) is 43.4 Å². The zero-order valence-electron chi connectivity index (χ0n) is 14.6. The topological polar surface area (TPSA) is 76.8 Å². The zero-order valence-corrected chi connectivity index (χ0v) is 14.6. The van der Waals surface area contributed by atoms with E-state index < -0.39 is 0 Å². The largest absolute Gasteiger partial charge is 0.339 e. The van der Waals surface area contributed by atoms with Crippen LogP contribution < -0.4 is 0 Å². The van der Waals surface area contributed by atoms with Gasteiger partial charge in [-0.3, -0.25) is 14.8 Å². The van der Waals surface area contributed by atoms with Crippen molar-refractivity contribution < 1.29 is 4.79 Å². The molecule has 0 atom stereocenters. The molecule has 1 fully saturated rings. The van der Waals surface area contributed by atoms with Crippen molar-refractivity contribution in [2.75, 3.05) is 13.1 Å². The van der Waals surface area contributed by atoms with E-state index in [1.807, 2.05) is 24.1 Å². The Balaban J connectivity index is 1.44. The van der Waals surface area contributed by atoms with Crippen molar-refractivity contribution >= 4 is 5.91 Å². The first kappa shape index (κ1) is 16.4. The molecule has 1 aliphatic rings. The minimum atomic E-state index is 0.0138. The first-order valence-corrected chi connectivity index (χ1v) is 8.74. The van der Waals surface area contributed by atoms with Crippen molar-refractivity contribution in [3.8, 4) is 5.69 Å². The average Bonchev–Trinajstić information content (AvgIpc) is 3.23. The fourth-order valence-electron chi connectivity index (χ4n) is 3.34. The lowest BCUT2D eigenvalue weighted by Gasteiger charge is -2.32. The molecule has 132 valence electrons. The summed E-state index contributed by atoms with van der Waals surface area (Å²) < 4.78 is 1.60. The second kappa shape index (κ2) is 7.03. The molecule has 0 radical (unpaired) electrons. The van der Waals surface area contributed by atoms with Crippen LogP contribution in [0.1, 0.15) is 40.4 Å². The van der Waals surface area contributed by atoms with E-state index in [9.17, 15) is 4.79 Å². The molecule has 0 spiro atoms. The van der Waals surface area contributed by atoms with Gasteiger partial charge >= 0.3 is 0 Å². The lowest BCUT2D eigenvalue weighted by atomic mass is 9.90. The molecule has 26 heavy (non-hydrogen) atoms. The summed E-state index contributed by atoms with van der Waals surface area (Å²) in [6.45, 7) is 3.47. The number of pyridine rings is 2. The highest BCUT2D eigenvalue weighted by Crippen LogP contribution is 2.28. The Hall–Kier alpha value is -3.09. The van der Waals surface area contributed by atoms with E-state index in [1.54, 1.807) is 35.5 Å². The van der Waals surface area contributed by atoms with Crippen LogP contribution in [0.3, 0.4) is 0 Å². The zero-order chi connectivity index (χ0) is 17.9. The molecular weight excluding hydrogens is 328 g/mol. The lowest BCUT2D eigenvalue weighted by molar-refractivity contribution is 0.0712. The van der Waals surface area contributed by atoms with Crippen LogP contribution in [0.4, 0.5) is 0 Å². The Bertz CT molecular complexity index is 883. The van der Waals surface area contributed by atoms with Gasteiger partial charge in [0, 0.05) is 31.2 Å². The van der Waals surface area contributed by atoms with Crippen LogP contribution in [0.15, 0.2) is 49.2 Å². The predicted molar refractivity (Wildman–Crippen MR) is 96.0 cm³/mol. The smallest absolute Gasteiger partial charge is 0.255 e. The molecule has 4 heterocycles. The number of rotatable bonds is 3. The first-order valence-electron chi connectivity index (χ1n) is 8.74. The summed E-state index contributed by atoms with van der Waals surface area (Å²) in [6.07, 6.45) is 10.5. The highest BCUT2D eigenvalue weighted by atomic mass is 16.2. The monoisotopic (exact) mass is 348 g/mol. The molecule has 0 aromatic carbocycles. The van der Waals surface area contributed by atoms with Gasteiger partial charge in [-0.25, -0.2) is 4.68 Å². The summed E-state index contributed by atoms with van der Waals surface area (Å²) >= 11 is 0. The number of aromatic nitrogens is 5. The van der Waals surface area contributed by atoms with Gasteiger partial charge in [-0.15, -0.1) is 5.10 Å². The summed E-state index contributed by atoms with van der Waals surface area (Å²) in [4.78, 5) is 23.3. The Labute approximate surface area is 151 Å². The molecule has 3 aromatic heterocycles. The second-order valence-corrected chi connectivity index (χ2v) is 6.58. The lowest BCUT2D eigenvalue weighted by Crippen LogP contribution is -2.38. The van der Waals surface area contributed by atoms with E-state index in [-0.39, 0.29) is 5.91 Å². The number of amides is 1. The summed E-state index contributed by atoms with van der Waals surface area (Å²) in [5.41, 5.74) is 3.60. The first-order chi connectivity index (χ1) is 12.7. The third-order valence-electron chi connectivity index (χ3n) is 4.85. The summed E-state index contributed by atoms with van der Waals surface area (Å²) in [5, 5.41) is 7.74. The predicted octanol–water partition coefficient (Wildman–Crippen LogP) is 2.39. The van der Waals surface area contributed by atoms with Crippen molar-refractivity contribution in [2.24, 2.45) is 0 Å². The molecule has 1 saturated heterocycles. The van der Waals surface area contributed by atoms with Crippen LogP contribution >= 0.6 is 0 Å². The standard InChI is InChI=1S/C19H20N6O/c1-14-2-3-16(12-21-14)15-4-7-24(8-5-15)19(26)17-10-18(13-20-11-17)25-9-6-22-23-25/h2-3,6,9-13,15H,4-5,7-8H2,1H3. The Kier molecular flexibility index (Phi) is 4.43. The third-order valence-corrected chi connectivity index (χ3v) is 4.85. The van der Waals surface area contributed by atoms with E-state index in [4.69, 9.17) is 0 Å². The van der Waals surface area contributed by atoms with Crippen LogP contribution in [-0.2, 0) is 0 Å². The molecule has 7 nitrogen and oxygen atoms in total. The van der Waals surface area contributed by atoms with Crippen LogP contribution in [0.25, 0.3) is 5.69 Å². The maximum Gasteiger partial charge on any atom is 0.255 e. The molecule has 7 heteroatoms. The Morgan fingerprint density at radius 2 is 2.00 bits per heavy atom. The van der Waals surface area contributed by atoms with Crippen LogP contribution in [0, 0.1) is 6.92 Å². The maximum atomic E-state index is 12.8. The number of carbonyl (C=O) groups is 1. The van der Waals surface area contributed by atoms with Gasteiger partial charge in [-0.2, -0.15) is 0 Å².